The average Bonchev–Trinajstić information content (AvgIpc) is 3.01. The fourth-order valence-corrected chi connectivity index (χ4v) is 3.06. The number of amides is 1. The second-order valence-corrected chi connectivity index (χ2v) is 5.30. The van der Waals surface area contributed by atoms with Crippen LogP contribution >= 0.6 is 0 Å². The normalized spacial score (nSPS) is 24.1. The van der Waals surface area contributed by atoms with E-state index in [0.29, 0.717) is 24.4 Å². The van der Waals surface area contributed by atoms with Gasteiger partial charge < -0.3 is 14.7 Å². The Hall–Kier alpha value is -1.90. The second kappa shape index (κ2) is 6.25. The molecule has 21 heavy (non-hydrogen) atoms. The van der Waals surface area contributed by atoms with Gasteiger partial charge in [0, 0.05) is 18.3 Å². The van der Waals surface area contributed by atoms with Crippen LogP contribution in [0.25, 0.3) is 0 Å². The molecule has 1 aliphatic carbocycles. The Morgan fingerprint density at radius 1 is 1.48 bits per heavy atom. The van der Waals surface area contributed by atoms with E-state index in [2.05, 4.69) is 16.8 Å². The lowest BCUT2D eigenvalue weighted by Gasteiger charge is -2.37. The molecule has 1 saturated carbocycles. The smallest absolute Gasteiger partial charge is 0.272 e. The highest BCUT2D eigenvalue weighted by Crippen LogP contribution is 2.30. The van der Waals surface area contributed by atoms with Gasteiger partial charge in [-0.25, -0.2) is 4.98 Å². The van der Waals surface area contributed by atoms with Crippen LogP contribution in [0, 0.1) is 11.8 Å². The van der Waals surface area contributed by atoms with Gasteiger partial charge in [-0.2, -0.15) is 0 Å². The summed E-state index contributed by atoms with van der Waals surface area (Å²) >= 11 is 0. The van der Waals surface area contributed by atoms with Gasteiger partial charge in [0.15, 0.2) is 0 Å². The predicted molar refractivity (Wildman–Crippen MR) is 76.6 cm³/mol. The molecule has 1 saturated heterocycles. The summed E-state index contributed by atoms with van der Waals surface area (Å²) in [7, 11) is 0. The molecular weight excluding hydrogens is 268 g/mol. The third-order valence-electron chi connectivity index (χ3n) is 4.04. The third-order valence-corrected chi connectivity index (χ3v) is 4.04. The van der Waals surface area contributed by atoms with E-state index >= 15 is 0 Å². The lowest BCUT2D eigenvalue weighted by Crippen LogP contribution is -2.51. The molecule has 1 N–H and O–H groups in total. The van der Waals surface area contributed by atoms with Gasteiger partial charge in [-0.3, -0.25) is 4.79 Å². The van der Waals surface area contributed by atoms with Crippen molar-refractivity contribution in [1.82, 2.24) is 9.88 Å². The van der Waals surface area contributed by atoms with Crippen molar-refractivity contribution in [3.8, 4) is 11.8 Å². The molecule has 1 amide bonds. The van der Waals surface area contributed by atoms with Gasteiger partial charge in [0.2, 0.25) is 0 Å². The van der Waals surface area contributed by atoms with Crippen molar-refractivity contribution in [1.29, 1.82) is 0 Å². The Balaban J connectivity index is 1.75. The maximum Gasteiger partial charge on any atom is 0.272 e. The zero-order valence-electron chi connectivity index (χ0n) is 11.8. The first-order valence-corrected chi connectivity index (χ1v) is 7.28. The number of aromatic nitrogens is 1. The number of rotatable bonds is 1. The molecule has 5 nitrogen and oxygen atoms in total. The van der Waals surface area contributed by atoms with Crippen molar-refractivity contribution in [2.24, 2.45) is 0 Å². The van der Waals surface area contributed by atoms with Crippen molar-refractivity contribution in [2.75, 3.05) is 19.8 Å². The maximum atomic E-state index is 12.6. The first-order chi connectivity index (χ1) is 10.3. The molecule has 0 aromatic carbocycles. The molecule has 0 bridgehead atoms. The van der Waals surface area contributed by atoms with E-state index in [-0.39, 0.29) is 24.7 Å². The predicted octanol–water partition coefficient (Wildman–Crippen LogP) is 0.819. The van der Waals surface area contributed by atoms with E-state index in [4.69, 9.17) is 9.84 Å². The van der Waals surface area contributed by atoms with Crippen molar-refractivity contribution in [3.05, 3.63) is 29.6 Å². The number of hydrogen-bond acceptors (Lipinski definition) is 4. The summed E-state index contributed by atoms with van der Waals surface area (Å²) in [6, 6.07) is 3.65. The summed E-state index contributed by atoms with van der Waals surface area (Å²) in [5.41, 5.74) is 1.14. The van der Waals surface area contributed by atoms with Crippen LogP contribution in [-0.2, 0) is 4.74 Å². The van der Waals surface area contributed by atoms with E-state index in [1.165, 1.54) is 0 Å². The fraction of sp³-hybridized carbons (Fsp3) is 0.500. The van der Waals surface area contributed by atoms with Gasteiger partial charge in [-0.15, -0.1) is 0 Å². The Bertz CT molecular complexity index is 573. The van der Waals surface area contributed by atoms with E-state index < -0.39 is 0 Å². The number of aliphatic hydroxyl groups is 1. The molecular formula is C16H18N2O3. The van der Waals surface area contributed by atoms with Gasteiger partial charge in [0.25, 0.3) is 5.91 Å². The minimum atomic E-state index is -0.183. The standard InChI is InChI=1S/C16H18N2O3/c19-9-2-3-12-6-7-13(17-11-12)16(20)18-8-10-21-15-5-1-4-14(15)18/h6-7,11,14-15,19H,1,4-5,8-10H2. The number of fused-ring (bicyclic) bond motifs is 1. The number of morpholine rings is 1. The molecule has 110 valence electrons. The van der Waals surface area contributed by atoms with Gasteiger partial charge in [0.05, 0.1) is 18.8 Å². The number of carbonyl (C=O) groups is 1. The number of carbonyl (C=O) groups excluding carboxylic acids is 1. The monoisotopic (exact) mass is 286 g/mol. The minimum absolute atomic E-state index is 0.0307. The highest BCUT2D eigenvalue weighted by atomic mass is 16.5. The van der Waals surface area contributed by atoms with E-state index in [9.17, 15) is 4.79 Å². The summed E-state index contributed by atoms with van der Waals surface area (Å²) in [5.74, 6) is 5.30. The van der Waals surface area contributed by atoms with Gasteiger partial charge in [-0.1, -0.05) is 11.8 Å². The van der Waals surface area contributed by atoms with Crippen LogP contribution in [0.4, 0.5) is 0 Å². The van der Waals surface area contributed by atoms with Crippen LogP contribution in [0.3, 0.4) is 0 Å². The molecule has 0 radical (unpaired) electrons. The van der Waals surface area contributed by atoms with Crippen LogP contribution in [0.1, 0.15) is 35.3 Å². The number of nitrogens with zero attached hydrogens (tertiary/aromatic N) is 2. The number of aliphatic hydroxyl groups excluding tert-OH is 1. The van der Waals surface area contributed by atoms with E-state index in [1.54, 1.807) is 18.3 Å². The van der Waals surface area contributed by atoms with E-state index in [0.717, 1.165) is 19.3 Å². The van der Waals surface area contributed by atoms with Crippen molar-refractivity contribution < 1.29 is 14.6 Å². The van der Waals surface area contributed by atoms with E-state index in [1.807, 2.05) is 4.90 Å². The Kier molecular flexibility index (Phi) is 4.18. The Morgan fingerprint density at radius 2 is 2.38 bits per heavy atom. The number of pyridine rings is 1. The molecule has 1 aliphatic heterocycles. The number of hydrogen-bond donors (Lipinski definition) is 1. The highest BCUT2D eigenvalue weighted by Gasteiger charge is 2.38. The number of ether oxygens (including phenoxy) is 1. The van der Waals surface area contributed by atoms with Crippen LogP contribution in [-0.4, -0.2) is 52.8 Å². The highest BCUT2D eigenvalue weighted by molar-refractivity contribution is 5.92. The molecule has 1 aromatic rings. The lowest BCUT2D eigenvalue weighted by atomic mass is 10.1. The lowest BCUT2D eigenvalue weighted by molar-refractivity contribution is -0.0447. The third kappa shape index (κ3) is 2.92. The van der Waals surface area contributed by atoms with Crippen LogP contribution in [0.2, 0.25) is 0 Å². The van der Waals surface area contributed by atoms with Gasteiger partial charge >= 0.3 is 0 Å². The summed E-state index contributed by atoms with van der Waals surface area (Å²) in [6.45, 7) is 1.05. The van der Waals surface area contributed by atoms with Crippen LogP contribution < -0.4 is 0 Å². The maximum absolute atomic E-state index is 12.6. The molecule has 2 fully saturated rings. The molecule has 2 heterocycles. The molecule has 3 rings (SSSR count). The van der Waals surface area contributed by atoms with Crippen molar-refractivity contribution in [3.63, 3.8) is 0 Å². The molecule has 2 unspecified atom stereocenters. The summed E-state index contributed by atoms with van der Waals surface area (Å²) in [4.78, 5) is 18.7. The molecule has 5 heteroatoms. The summed E-state index contributed by atoms with van der Waals surface area (Å²) in [5, 5.41) is 8.66. The molecule has 2 atom stereocenters. The van der Waals surface area contributed by atoms with Crippen molar-refractivity contribution in [2.45, 2.75) is 31.4 Å². The van der Waals surface area contributed by atoms with Gasteiger partial charge in [-0.05, 0) is 31.4 Å². The second-order valence-electron chi connectivity index (χ2n) is 5.30. The van der Waals surface area contributed by atoms with Gasteiger partial charge in [0.1, 0.15) is 12.3 Å². The zero-order chi connectivity index (χ0) is 14.7. The Morgan fingerprint density at radius 3 is 3.14 bits per heavy atom. The first kappa shape index (κ1) is 14.1. The molecule has 1 aromatic heterocycles. The van der Waals surface area contributed by atoms with Crippen molar-refractivity contribution >= 4 is 5.91 Å². The van der Waals surface area contributed by atoms with Crippen LogP contribution in [0.5, 0.6) is 0 Å². The Labute approximate surface area is 123 Å². The molecule has 2 aliphatic rings. The first-order valence-electron chi connectivity index (χ1n) is 7.28. The zero-order valence-corrected chi connectivity index (χ0v) is 11.8. The SMILES string of the molecule is O=C(c1ccc(C#CCO)cn1)N1CCOC2CCCC21. The van der Waals surface area contributed by atoms with Crippen LogP contribution in [0.15, 0.2) is 18.3 Å². The fourth-order valence-electron chi connectivity index (χ4n) is 3.06. The average molecular weight is 286 g/mol. The summed E-state index contributed by atoms with van der Waals surface area (Å²) in [6.07, 6.45) is 4.93. The topological polar surface area (TPSA) is 62.7 Å². The quantitative estimate of drug-likeness (QED) is 0.776. The minimum Gasteiger partial charge on any atom is -0.384 e. The molecule has 0 spiro atoms. The summed E-state index contributed by atoms with van der Waals surface area (Å²) < 4.78 is 5.73. The largest absolute Gasteiger partial charge is 0.384 e.